The van der Waals surface area contributed by atoms with Gasteiger partial charge >= 0.3 is 0 Å². The van der Waals surface area contributed by atoms with Crippen LogP contribution in [0.1, 0.15) is 50.5 Å². The summed E-state index contributed by atoms with van der Waals surface area (Å²) in [5.74, 6) is 0.0558. The zero-order chi connectivity index (χ0) is 16.9. The van der Waals surface area contributed by atoms with Gasteiger partial charge in [-0.1, -0.05) is 41.3 Å². The first-order valence-electron chi connectivity index (χ1n) is 9.08. The summed E-state index contributed by atoms with van der Waals surface area (Å²) in [4.78, 5) is 14.8. The molecule has 0 spiro atoms. The van der Waals surface area contributed by atoms with Crippen molar-refractivity contribution < 1.29 is 9.18 Å². The average Bonchev–Trinajstić information content (AvgIpc) is 2.59. The van der Waals surface area contributed by atoms with Crippen LogP contribution in [0, 0.1) is 11.7 Å². The number of benzene rings is 1. The van der Waals surface area contributed by atoms with Gasteiger partial charge in [0.25, 0.3) is 0 Å². The van der Waals surface area contributed by atoms with Crippen molar-refractivity contribution in [3.8, 4) is 0 Å². The van der Waals surface area contributed by atoms with Gasteiger partial charge in [0.15, 0.2) is 0 Å². The fourth-order valence-corrected chi connectivity index (χ4v) is 4.20. The lowest BCUT2D eigenvalue weighted by Gasteiger charge is -2.33. The molecule has 1 aliphatic heterocycles. The Balaban J connectivity index is 1.54. The summed E-state index contributed by atoms with van der Waals surface area (Å²) in [6.45, 7) is 2.24. The molecular formula is C19H26BrFN2O. The Bertz CT molecular complexity index is 574. The van der Waals surface area contributed by atoms with E-state index in [0.717, 1.165) is 43.2 Å². The fraction of sp³-hybridized carbons (Fsp3) is 0.632. The van der Waals surface area contributed by atoms with Gasteiger partial charge in [0.05, 0.1) is 5.92 Å². The van der Waals surface area contributed by atoms with Gasteiger partial charge in [0, 0.05) is 29.2 Å². The van der Waals surface area contributed by atoms with Gasteiger partial charge in [0.2, 0.25) is 5.91 Å². The Hall–Kier alpha value is -0.940. The molecule has 1 heterocycles. The van der Waals surface area contributed by atoms with Crippen LogP contribution in [0.25, 0.3) is 0 Å². The van der Waals surface area contributed by atoms with E-state index < -0.39 is 0 Å². The van der Waals surface area contributed by atoms with Crippen molar-refractivity contribution in [3.05, 3.63) is 34.1 Å². The molecule has 1 saturated heterocycles. The Kier molecular flexibility index (Phi) is 6.28. The molecule has 1 amide bonds. The summed E-state index contributed by atoms with van der Waals surface area (Å²) in [7, 11) is 0. The maximum atomic E-state index is 14.0. The topological polar surface area (TPSA) is 32.3 Å². The minimum absolute atomic E-state index is 0.0409. The standard InChI is InChI=1S/C19H26BrFN2O/c20-16-9-8-14(18(21)11-16)12-23-10-4-5-15(13-23)19(24)22-17-6-2-1-3-7-17/h8-9,11,15,17H,1-7,10,12-13H2,(H,22,24). The molecule has 2 aliphatic rings. The molecule has 132 valence electrons. The third kappa shape index (κ3) is 4.79. The monoisotopic (exact) mass is 396 g/mol. The molecule has 1 aromatic rings. The van der Waals surface area contributed by atoms with Crippen molar-refractivity contribution in [3.63, 3.8) is 0 Å². The molecule has 3 rings (SSSR count). The van der Waals surface area contributed by atoms with E-state index >= 15 is 0 Å². The van der Waals surface area contributed by atoms with Crippen molar-refractivity contribution in [1.29, 1.82) is 0 Å². The van der Waals surface area contributed by atoms with Crippen LogP contribution in [-0.4, -0.2) is 29.9 Å². The summed E-state index contributed by atoms with van der Waals surface area (Å²) >= 11 is 3.29. The number of carbonyl (C=O) groups is 1. The third-order valence-corrected chi connectivity index (χ3v) is 5.73. The second kappa shape index (κ2) is 8.43. The maximum absolute atomic E-state index is 14.0. The smallest absolute Gasteiger partial charge is 0.224 e. The Morgan fingerprint density at radius 1 is 1.21 bits per heavy atom. The number of amides is 1. The zero-order valence-corrected chi connectivity index (χ0v) is 15.7. The number of halogens is 2. The molecule has 1 saturated carbocycles. The summed E-state index contributed by atoms with van der Waals surface area (Å²) in [6.07, 6.45) is 7.93. The predicted octanol–water partition coefficient (Wildman–Crippen LogP) is 4.25. The predicted molar refractivity (Wildman–Crippen MR) is 97.1 cm³/mol. The van der Waals surface area contributed by atoms with E-state index in [1.165, 1.54) is 25.3 Å². The SMILES string of the molecule is O=C(NC1CCCCC1)C1CCCN(Cc2ccc(Br)cc2F)C1. The Labute approximate surface area is 152 Å². The molecular weight excluding hydrogens is 371 g/mol. The van der Waals surface area contributed by atoms with Crippen molar-refractivity contribution in [2.24, 2.45) is 5.92 Å². The van der Waals surface area contributed by atoms with E-state index in [0.29, 0.717) is 18.2 Å². The lowest BCUT2D eigenvalue weighted by atomic mass is 9.93. The van der Waals surface area contributed by atoms with Gasteiger partial charge in [-0.25, -0.2) is 4.39 Å². The molecule has 0 radical (unpaired) electrons. The Morgan fingerprint density at radius 3 is 2.75 bits per heavy atom. The molecule has 24 heavy (non-hydrogen) atoms. The maximum Gasteiger partial charge on any atom is 0.224 e. The van der Waals surface area contributed by atoms with E-state index in [1.807, 2.05) is 12.1 Å². The van der Waals surface area contributed by atoms with Crippen LogP contribution in [0.4, 0.5) is 4.39 Å². The number of hydrogen-bond donors (Lipinski definition) is 1. The first-order valence-corrected chi connectivity index (χ1v) is 9.88. The first-order chi connectivity index (χ1) is 11.6. The number of hydrogen-bond acceptors (Lipinski definition) is 2. The second-order valence-corrected chi connectivity index (χ2v) is 8.07. The molecule has 0 bridgehead atoms. The van der Waals surface area contributed by atoms with Gasteiger partial charge in [-0.15, -0.1) is 0 Å². The molecule has 1 aromatic carbocycles. The molecule has 1 unspecified atom stereocenters. The number of piperidine rings is 1. The summed E-state index contributed by atoms with van der Waals surface area (Å²) in [6, 6.07) is 5.57. The highest BCUT2D eigenvalue weighted by Crippen LogP contribution is 2.23. The molecule has 5 heteroatoms. The van der Waals surface area contributed by atoms with E-state index in [9.17, 15) is 9.18 Å². The molecule has 1 N–H and O–H groups in total. The van der Waals surface area contributed by atoms with Gasteiger partial charge in [-0.3, -0.25) is 9.69 Å². The van der Waals surface area contributed by atoms with Gasteiger partial charge in [-0.05, 0) is 44.4 Å². The number of carbonyl (C=O) groups excluding carboxylic acids is 1. The minimum Gasteiger partial charge on any atom is -0.353 e. The molecule has 1 atom stereocenters. The minimum atomic E-state index is -0.182. The Morgan fingerprint density at radius 2 is 2.00 bits per heavy atom. The van der Waals surface area contributed by atoms with E-state index in [-0.39, 0.29) is 17.6 Å². The van der Waals surface area contributed by atoms with Gasteiger partial charge in [0.1, 0.15) is 5.82 Å². The normalized spacial score (nSPS) is 23.2. The van der Waals surface area contributed by atoms with E-state index in [4.69, 9.17) is 0 Å². The second-order valence-electron chi connectivity index (χ2n) is 7.15. The number of rotatable bonds is 4. The highest BCUT2D eigenvalue weighted by molar-refractivity contribution is 9.10. The summed E-state index contributed by atoms with van der Waals surface area (Å²) in [5.41, 5.74) is 0.700. The highest BCUT2D eigenvalue weighted by Gasteiger charge is 2.28. The number of nitrogens with one attached hydrogen (secondary N) is 1. The first kappa shape index (κ1) is 17.9. The van der Waals surface area contributed by atoms with Crippen LogP contribution in [0.5, 0.6) is 0 Å². The third-order valence-electron chi connectivity index (χ3n) is 5.24. The lowest BCUT2D eigenvalue weighted by molar-refractivity contribution is -0.127. The van der Waals surface area contributed by atoms with Crippen molar-refractivity contribution >= 4 is 21.8 Å². The van der Waals surface area contributed by atoms with Gasteiger partial charge < -0.3 is 5.32 Å². The van der Waals surface area contributed by atoms with Crippen molar-refractivity contribution in [2.75, 3.05) is 13.1 Å². The van der Waals surface area contributed by atoms with Crippen LogP contribution in [0.15, 0.2) is 22.7 Å². The average molecular weight is 397 g/mol. The van der Waals surface area contributed by atoms with Gasteiger partial charge in [-0.2, -0.15) is 0 Å². The van der Waals surface area contributed by atoms with Crippen molar-refractivity contribution in [2.45, 2.75) is 57.5 Å². The zero-order valence-electron chi connectivity index (χ0n) is 14.1. The lowest BCUT2D eigenvalue weighted by Crippen LogP contribution is -2.46. The van der Waals surface area contributed by atoms with Crippen LogP contribution >= 0.6 is 15.9 Å². The summed E-state index contributed by atoms with van der Waals surface area (Å²) in [5, 5.41) is 3.25. The number of nitrogens with zero attached hydrogens (tertiary/aromatic N) is 1. The van der Waals surface area contributed by atoms with Crippen LogP contribution in [0.2, 0.25) is 0 Å². The molecule has 3 nitrogen and oxygen atoms in total. The van der Waals surface area contributed by atoms with Crippen molar-refractivity contribution in [1.82, 2.24) is 10.2 Å². The quantitative estimate of drug-likeness (QED) is 0.824. The molecule has 0 aromatic heterocycles. The van der Waals surface area contributed by atoms with Crippen LogP contribution < -0.4 is 5.32 Å². The molecule has 1 aliphatic carbocycles. The van der Waals surface area contributed by atoms with Crippen LogP contribution in [0.3, 0.4) is 0 Å². The van der Waals surface area contributed by atoms with E-state index in [2.05, 4.69) is 26.1 Å². The fourth-order valence-electron chi connectivity index (χ4n) is 3.87. The highest BCUT2D eigenvalue weighted by atomic mass is 79.9. The summed E-state index contributed by atoms with van der Waals surface area (Å²) < 4.78 is 14.8. The largest absolute Gasteiger partial charge is 0.353 e. The van der Waals surface area contributed by atoms with E-state index in [1.54, 1.807) is 0 Å². The number of likely N-dealkylation sites (tertiary alicyclic amines) is 1. The van der Waals surface area contributed by atoms with Crippen LogP contribution in [-0.2, 0) is 11.3 Å². The molecule has 2 fully saturated rings.